The smallest absolute Gasteiger partial charge is 0.220 e. The van der Waals surface area contributed by atoms with Crippen molar-refractivity contribution < 1.29 is 9.18 Å². The number of aryl methyl sites for hydroxylation is 1. The molecule has 1 amide bonds. The topological polar surface area (TPSA) is 55.1 Å². The van der Waals surface area contributed by atoms with Gasteiger partial charge in [-0.1, -0.05) is 36.4 Å². The van der Waals surface area contributed by atoms with Gasteiger partial charge < -0.3 is 11.1 Å². The van der Waals surface area contributed by atoms with Gasteiger partial charge >= 0.3 is 0 Å². The van der Waals surface area contributed by atoms with Crippen LogP contribution in [-0.2, 0) is 17.6 Å². The molecular formula is C17H19FN2O. The van der Waals surface area contributed by atoms with Gasteiger partial charge in [0.1, 0.15) is 5.82 Å². The van der Waals surface area contributed by atoms with Crippen LogP contribution in [0, 0.1) is 5.82 Å². The molecular weight excluding hydrogens is 267 g/mol. The summed E-state index contributed by atoms with van der Waals surface area (Å²) < 4.78 is 13.4. The molecule has 2 aromatic rings. The predicted octanol–water partition coefficient (Wildman–Crippen LogP) is 2.70. The van der Waals surface area contributed by atoms with E-state index in [1.807, 2.05) is 24.3 Å². The normalized spacial score (nSPS) is 10.3. The van der Waals surface area contributed by atoms with E-state index in [9.17, 15) is 9.18 Å². The van der Waals surface area contributed by atoms with E-state index in [2.05, 4.69) is 5.32 Å². The van der Waals surface area contributed by atoms with Crippen LogP contribution < -0.4 is 11.1 Å². The quantitative estimate of drug-likeness (QED) is 0.802. The van der Waals surface area contributed by atoms with Gasteiger partial charge in [-0.15, -0.1) is 0 Å². The molecule has 3 N–H and O–H groups in total. The van der Waals surface area contributed by atoms with Crippen LogP contribution in [0.5, 0.6) is 0 Å². The fourth-order valence-electron chi connectivity index (χ4n) is 2.14. The third-order valence-corrected chi connectivity index (χ3v) is 3.35. The van der Waals surface area contributed by atoms with E-state index in [-0.39, 0.29) is 11.7 Å². The monoisotopic (exact) mass is 286 g/mol. The fourth-order valence-corrected chi connectivity index (χ4v) is 2.14. The second kappa shape index (κ2) is 7.43. The maximum atomic E-state index is 13.4. The highest BCUT2D eigenvalue weighted by molar-refractivity contribution is 5.76. The Morgan fingerprint density at radius 2 is 1.67 bits per heavy atom. The number of benzene rings is 2. The van der Waals surface area contributed by atoms with Crippen LogP contribution in [0.2, 0.25) is 0 Å². The van der Waals surface area contributed by atoms with E-state index >= 15 is 0 Å². The molecule has 4 heteroatoms. The minimum absolute atomic E-state index is 0.0467. The molecule has 0 aliphatic rings. The van der Waals surface area contributed by atoms with Gasteiger partial charge in [0.05, 0.1) is 0 Å². The molecule has 0 heterocycles. The Bertz CT molecular complexity index is 613. The van der Waals surface area contributed by atoms with E-state index < -0.39 is 0 Å². The van der Waals surface area contributed by atoms with Gasteiger partial charge in [-0.2, -0.15) is 0 Å². The molecule has 0 radical (unpaired) electrons. The second-order valence-corrected chi connectivity index (χ2v) is 4.89. The Balaban J connectivity index is 1.73. The van der Waals surface area contributed by atoms with Gasteiger partial charge in [0.15, 0.2) is 0 Å². The number of carbonyl (C=O) groups excluding carboxylic acids is 1. The third kappa shape index (κ3) is 4.60. The number of rotatable bonds is 6. The maximum absolute atomic E-state index is 13.4. The predicted molar refractivity (Wildman–Crippen MR) is 82.3 cm³/mol. The molecule has 0 atom stereocenters. The number of nitrogens with two attached hydrogens (primary N) is 1. The van der Waals surface area contributed by atoms with E-state index in [0.717, 1.165) is 5.56 Å². The van der Waals surface area contributed by atoms with Crippen molar-refractivity contribution in [2.24, 2.45) is 0 Å². The Kier molecular flexibility index (Phi) is 5.32. The minimum Gasteiger partial charge on any atom is -0.399 e. The van der Waals surface area contributed by atoms with Crippen molar-refractivity contribution in [1.82, 2.24) is 5.32 Å². The van der Waals surface area contributed by atoms with E-state index in [0.29, 0.717) is 37.1 Å². The number of carbonyl (C=O) groups is 1. The van der Waals surface area contributed by atoms with Crippen molar-refractivity contribution in [2.75, 3.05) is 12.3 Å². The summed E-state index contributed by atoms with van der Waals surface area (Å²) in [5.74, 6) is -0.279. The highest BCUT2D eigenvalue weighted by Gasteiger charge is 2.05. The van der Waals surface area contributed by atoms with Gasteiger partial charge in [0.2, 0.25) is 5.91 Å². The van der Waals surface area contributed by atoms with E-state index in [1.165, 1.54) is 6.07 Å². The third-order valence-electron chi connectivity index (χ3n) is 3.35. The molecule has 21 heavy (non-hydrogen) atoms. The Morgan fingerprint density at radius 3 is 2.38 bits per heavy atom. The highest BCUT2D eigenvalue weighted by atomic mass is 19.1. The summed E-state index contributed by atoms with van der Waals surface area (Å²) in [7, 11) is 0. The summed E-state index contributed by atoms with van der Waals surface area (Å²) in [6.07, 6.45) is 1.48. The number of para-hydroxylation sites is 1. The minimum atomic E-state index is -0.233. The van der Waals surface area contributed by atoms with E-state index in [4.69, 9.17) is 5.73 Å². The number of amides is 1. The van der Waals surface area contributed by atoms with Crippen molar-refractivity contribution in [3.8, 4) is 0 Å². The van der Waals surface area contributed by atoms with E-state index in [1.54, 1.807) is 18.2 Å². The van der Waals surface area contributed by atoms with Gasteiger partial charge in [-0.3, -0.25) is 4.79 Å². The average Bonchev–Trinajstić information content (AvgIpc) is 2.48. The van der Waals surface area contributed by atoms with Gasteiger partial charge in [-0.25, -0.2) is 4.39 Å². The van der Waals surface area contributed by atoms with Crippen LogP contribution in [0.15, 0.2) is 48.5 Å². The summed E-state index contributed by atoms with van der Waals surface area (Å²) in [5, 5.41) is 2.80. The molecule has 0 spiro atoms. The molecule has 0 aliphatic heterocycles. The van der Waals surface area contributed by atoms with Gasteiger partial charge in [-0.05, 0) is 36.1 Å². The molecule has 2 rings (SSSR count). The zero-order valence-electron chi connectivity index (χ0n) is 11.8. The summed E-state index contributed by atoms with van der Waals surface area (Å²) in [6, 6.07) is 14.1. The standard InChI is InChI=1S/C17H19FN2O/c18-15-7-3-1-5-13(15)11-12-20-17(21)10-9-14-6-2-4-8-16(14)19/h1-8H,9-12,19H2,(H,20,21). The van der Waals surface area contributed by atoms with Crippen molar-refractivity contribution >= 4 is 11.6 Å². The van der Waals surface area contributed by atoms with Crippen LogP contribution in [0.25, 0.3) is 0 Å². The number of anilines is 1. The largest absolute Gasteiger partial charge is 0.399 e. The Morgan fingerprint density at radius 1 is 1.00 bits per heavy atom. The first-order valence-corrected chi connectivity index (χ1v) is 7.00. The number of halogens is 1. The molecule has 3 nitrogen and oxygen atoms in total. The van der Waals surface area contributed by atoms with Crippen LogP contribution in [0.4, 0.5) is 10.1 Å². The summed E-state index contributed by atoms with van der Waals surface area (Å²) >= 11 is 0. The molecule has 0 saturated carbocycles. The second-order valence-electron chi connectivity index (χ2n) is 4.89. The fraction of sp³-hybridized carbons (Fsp3) is 0.235. The molecule has 0 aromatic heterocycles. The average molecular weight is 286 g/mol. The first kappa shape index (κ1) is 15.0. The van der Waals surface area contributed by atoms with Crippen molar-refractivity contribution in [3.05, 3.63) is 65.5 Å². The van der Waals surface area contributed by atoms with Crippen LogP contribution >= 0.6 is 0 Å². The number of hydrogen-bond acceptors (Lipinski definition) is 2. The van der Waals surface area contributed by atoms with Crippen molar-refractivity contribution in [3.63, 3.8) is 0 Å². The molecule has 0 bridgehead atoms. The summed E-state index contributed by atoms with van der Waals surface area (Å²) in [5.41, 5.74) is 8.12. The first-order valence-electron chi connectivity index (χ1n) is 7.00. The Labute approximate surface area is 124 Å². The molecule has 2 aromatic carbocycles. The van der Waals surface area contributed by atoms with Crippen LogP contribution in [0.1, 0.15) is 17.5 Å². The number of nitrogens with one attached hydrogen (secondary N) is 1. The van der Waals surface area contributed by atoms with Crippen LogP contribution in [0.3, 0.4) is 0 Å². The molecule has 0 saturated heterocycles. The molecule has 0 fully saturated rings. The highest BCUT2D eigenvalue weighted by Crippen LogP contribution is 2.12. The number of hydrogen-bond donors (Lipinski definition) is 2. The Hall–Kier alpha value is -2.36. The summed E-state index contributed by atoms with van der Waals surface area (Å²) in [4.78, 5) is 11.8. The number of nitrogen functional groups attached to an aromatic ring is 1. The van der Waals surface area contributed by atoms with Gasteiger partial charge in [0, 0.05) is 18.7 Å². The van der Waals surface area contributed by atoms with Crippen LogP contribution in [-0.4, -0.2) is 12.5 Å². The van der Waals surface area contributed by atoms with Crippen molar-refractivity contribution in [1.29, 1.82) is 0 Å². The SMILES string of the molecule is Nc1ccccc1CCC(=O)NCCc1ccccc1F. The lowest BCUT2D eigenvalue weighted by Crippen LogP contribution is -2.26. The maximum Gasteiger partial charge on any atom is 0.220 e. The molecule has 0 unspecified atom stereocenters. The van der Waals surface area contributed by atoms with Crippen molar-refractivity contribution in [2.45, 2.75) is 19.3 Å². The first-order chi connectivity index (χ1) is 10.2. The molecule has 110 valence electrons. The lowest BCUT2D eigenvalue weighted by Gasteiger charge is -2.07. The zero-order valence-corrected chi connectivity index (χ0v) is 11.8. The lowest BCUT2D eigenvalue weighted by atomic mass is 10.1. The lowest BCUT2D eigenvalue weighted by molar-refractivity contribution is -0.121. The zero-order chi connectivity index (χ0) is 15.1. The van der Waals surface area contributed by atoms with Gasteiger partial charge in [0.25, 0.3) is 0 Å². The summed E-state index contributed by atoms with van der Waals surface area (Å²) in [6.45, 7) is 0.435. The molecule has 0 aliphatic carbocycles.